The Balaban J connectivity index is 2.69. The smallest absolute Gasteiger partial charge is 0.228 e. The molecule has 10 heavy (non-hydrogen) atoms. The van der Waals surface area contributed by atoms with E-state index in [1.807, 2.05) is 0 Å². The van der Waals surface area contributed by atoms with E-state index in [0.29, 0.717) is 10.4 Å². The number of aromatic nitrogens is 1. The van der Waals surface area contributed by atoms with Crippen molar-refractivity contribution < 1.29 is 9.13 Å². The van der Waals surface area contributed by atoms with Gasteiger partial charge in [-0.2, -0.15) is 0 Å². The van der Waals surface area contributed by atoms with Crippen LogP contribution in [0.5, 0.6) is 5.75 Å². The van der Waals surface area contributed by atoms with Crippen LogP contribution in [0.3, 0.4) is 0 Å². The van der Waals surface area contributed by atoms with Gasteiger partial charge in [-0.05, 0) is 28.1 Å². The van der Waals surface area contributed by atoms with Gasteiger partial charge in [-0.25, -0.2) is 9.37 Å². The van der Waals surface area contributed by atoms with E-state index in [4.69, 9.17) is 0 Å². The average Bonchev–Trinajstić information content (AvgIpc) is 1.95. The van der Waals surface area contributed by atoms with Crippen LogP contribution in [0.4, 0.5) is 4.39 Å². The van der Waals surface area contributed by atoms with Crippen molar-refractivity contribution in [1.82, 2.24) is 4.98 Å². The monoisotopic (exact) mass is 205 g/mol. The zero-order chi connectivity index (χ0) is 7.40. The lowest BCUT2D eigenvalue weighted by atomic mass is 10.5. The molecule has 0 atom stereocenters. The minimum absolute atomic E-state index is 0.436. The summed E-state index contributed by atoms with van der Waals surface area (Å²) >= 11 is 3.14. The maximum atomic E-state index is 11.5. The first-order valence-corrected chi connectivity index (χ1v) is 3.42. The van der Waals surface area contributed by atoms with E-state index in [1.165, 1.54) is 6.20 Å². The Morgan fingerprint density at radius 1 is 1.60 bits per heavy atom. The highest BCUT2D eigenvalue weighted by atomic mass is 79.9. The summed E-state index contributed by atoms with van der Waals surface area (Å²) in [6, 6.07) is 3.32. The molecule has 0 saturated carbocycles. The third-order valence-corrected chi connectivity index (χ3v) is 1.39. The largest absolute Gasteiger partial charge is 0.461 e. The van der Waals surface area contributed by atoms with Crippen molar-refractivity contribution in [3.8, 4) is 5.75 Å². The van der Waals surface area contributed by atoms with Gasteiger partial charge in [-0.15, -0.1) is 0 Å². The van der Waals surface area contributed by atoms with Gasteiger partial charge in [0.25, 0.3) is 0 Å². The van der Waals surface area contributed by atoms with E-state index in [9.17, 15) is 4.39 Å². The van der Waals surface area contributed by atoms with E-state index in [2.05, 4.69) is 25.7 Å². The Morgan fingerprint density at radius 3 is 2.90 bits per heavy atom. The standard InChI is InChI=1S/C6H5BrFNO/c7-6-2-1-5(3-9-6)10-4-8/h1-3H,4H2. The molecule has 1 aromatic rings. The maximum absolute atomic E-state index is 11.5. The van der Waals surface area contributed by atoms with E-state index >= 15 is 0 Å². The number of rotatable bonds is 2. The van der Waals surface area contributed by atoms with Gasteiger partial charge >= 0.3 is 0 Å². The Kier molecular flexibility index (Phi) is 2.62. The van der Waals surface area contributed by atoms with Crippen LogP contribution in [0.2, 0.25) is 0 Å². The van der Waals surface area contributed by atoms with Crippen LogP contribution >= 0.6 is 15.9 Å². The van der Waals surface area contributed by atoms with Crippen LogP contribution in [-0.4, -0.2) is 11.8 Å². The molecule has 0 N–H and O–H groups in total. The lowest BCUT2D eigenvalue weighted by molar-refractivity contribution is 0.191. The fourth-order valence-electron chi connectivity index (χ4n) is 0.511. The van der Waals surface area contributed by atoms with Crippen molar-refractivity contribution in [1.29, 1.82) is 0 Å². The van der Waals surface area contributed by atoms with E-state index in [-0.39, 0.29) is 0 Å². The van der Waals surface area contributed by atoms with Gasteiger partial charge in [-0.3, -0.25) is 0 Å². The lowest BCUT2D eigenvalue weighted by Gasteiger charge is -1.97. The van der Waals surface area contributed by atoms with Gasteiger partial charge in [-0.1, -0.05) is 0 Å². The topological polar surface area (TPSA) is 22.1 Å². The second kappa shape index (κ2) is 3.51. The van der Waals surface area contributed by atoms with Crippen molar-refractivity contribution in [2.75, 3.05) is 6.86 Å². The zero-order valence-corrected chi connectivity index (χ0v) is 6.64. The molecule has 0 unspecified atom stereocenters. The summed E-state index contributed by atoms with van der Waals surface area (Å²) in [5.74, 6) is 0.436. The first kappa shape index (κ1) is 7.47. The Morgan fingerprint density at radius 2 is 2.40 bits per heavy atom. The van der Waals surface area contributed by atoms with Crippen LogP contribution in [0.15, 0.2) is 22.9 Å². The Hall–Kier alpha value is -0.640. The SMILES string of the molecule is FCOc1ccc(Br)nc1. The molecule has 0 bridgehead atoms. The van der Waals surface area contributed by atoms with Crippen LogP contribution < -0.4 is 4.74 Å². The van der Waals surface area contributed by atoms with Crippen molar-refractivity contribution in [3.05, 3.63) is 22.9 Å². The summed E-state index contributed by atoms with van der Waals surface area (Å²) in [6.07, 6.45) is 1.45. The van der Waals surface area contributed by atoms with Gasteiger partial charge in [0.1, 0.15) is 10.4 Å². The molecule has 0 radical (unpaired) electrons. The van der Waals surface area contributed by atoms with Gasteiger partial charge in [0.2, 0.25) is 6.86 Å². The summed E-state index contributed by atoms with van der Waals surface area (Å²) in [6.45, 7) is -0.816. The minimum atomic E-state index is -0.816. The van der Waals surface area contributed by atoms with E-state index < -0.39 is 6.86 Å². The molecule has 54 valence electrons. The first-order valence-electron chi connectivity index (χ1n) is 2.63. The quantitative estimate of drug-likeness (QED) is 0.691. The highest BCUT2D eigenvalue weighted by molar-refractivity contribution is 9.10. The third kappa shape index (κ3) is 1.95. The number of hydrogen-bond acceptors (Lipinski definition) is 2. The predicted octanol–water partition coefficient (Wildman–Crippen LogP) is 2.15. The molecular formula is C6H5BrFNO. The van der Waals surface area contributed by atoms with Crippen molar-refractivity contribution >= 4 is 15.9 Å². The van der Waals surface area contributed by atoms with Crippen LogP contribution in [-0.2, 0) is 0 Å². The fourth-order valence-corrected chi connectivity index (χ4v) is 0.745. The van der Waals surface area contributed by atoms with Crippen LogP contribution in [0.25, 0.3) is 0 Å². The minimum Gasteiger partial charge on any atom is -0.461 e. The molecule has 0 aliphatic carbocycles. The zero-order valence-electron chi connectivity index (χ0n) is 5.05. The molecule has 0 spiro atoms. The molecule has 0 fully saturated rings. The average molecular weight is 206 g/mol. The summed E-state index contributed by atoms with van der Waals surface area (Å²) in [5, 5.41) is 0. The van der Waals surface area contributed by atoms with Crippen molar-refractivity contribution in [2.24, 2.45) is 0 Å². The maximum Gasteiger partial charge on any atom is 0.228 e. The molecule has 0 aliphatic rings. The summed E-state index contributed by atoms with van der Waals surface area (Å²) in [7, 11) is 0. The first-order chi connectivity index (χ1) is 4.83. The molecule has 1 rings (SSSR count). The number of alkyl halides is 1. The predicted molar refractivity (Wildman–Crippen MR) is 38.5 cm³/mol. The Bertz CT molecular complexity index is 201. The fraction of sp³-hybridized carbons (Fsp3) is 0.167. The summed E-state index contributed by atoms with van der Waals surface area (Å²) in [4.78, 5) is 3.82. The molecule has 4 heteroatoms. The molecule has 0 aliphatic heterocycles. The van der Waals surface area contributed by atoms with Crippen molar-refractivity contribution in [2.45, 2.75) is 0 Å². The van der Waals surface area contributed by atoms with Crippen LogP contribution in [0, 0.1) is 0 Å². The molecule has 0 saturated heterocycles. The summed E-state index contributed by atoms with van der Waals surface area (Å²) < 4.78 is 16.7. The second-order valence-electron chi connectivity index (χ2n) is 1.57. The van der Waals surface area contributed by atoms with E-state index in [0.717, 1.165) is 0 Å². The van der Waals surface area contributed by atoms with Gasteiger partial charge in [0.05, 0.1) is 6.20 Å². The number of nitrogens with zero attached hydrogens (tertiary/aromatic N) is 1. The number of ether oxygens (including phenoxy) is 1. The normalized spacial score (nSPS) is 9.40. The molecule has 1 aromatic heterocycles. The number of halogens is 2. The highest BCUT2D eigenvalue weighted by Gasteiger charge is 1.91. The number of hydrogen-bond donors (Lipinski definition) is 0. The summed E-state index contributed by atoms with van der Waals surface area (Å²) in [5.41, 5.74) is 0. The second-order valence-corrected chi connectivity index (χ2v) is 2.38. The molecule has 1 heterocycles. The molecule has 2 nitrogen and oxygen atoms in total. The molecule has 0 amide bonds. The highest BCUT2D eigenvalue weighted by Crippen LogP contribution is 2.12. The van der Waals surface area contributed by atoms with Gasteiger partial charge in [0.15, 0.2) is 0 Å². The van der Waals surface area contributed by atoms with Gasteiger partial charge in [0, 0.05) is 0 Å². The van der Waals surface area contributed by atoms with Crippen LogP contribution in [0.1, 0.15) is 0 Å². The van der Waals surface area contributed by atoms with Gasteiger partial charge < -0.3 is 4.74 Å². The molecular weight excluding hydrogens is 201 g/mol. The Labute approximate surface area is 66.2 Å². The van der Waals surface area contributed by atoms with Crippen molar-refractivity contribution in [3.63, 3.8) is 0 Å². The number of pyridine rings is 1. The third-order valence-electron chi connectivity index (χ3n) is 0.921. The van der Waals surface area contributed by atoms with E-state index in [1.54, 1.807) is 12.1 Å². The molecule has 0 aromatic carbocycles. The lowest BCUT2D eigenvalue weighted by Crippen LogP contribution is -1.89.